The van der Waals surface area contributed by atoms with Crippen LogP contribution in [0.1, 0.15) is 90.0 Å². The fourth-order valence-corrected chi connectivity index (χ4v) is 11.3. The third-order valence-electron chi connectivity index (χ3n) is 13.9. The number of hydrogen-bond donors (Lipinski definition) is 2. The van der Waals surface area contributed by atoms with Gasteiger partial charge in [0.2, 0.25) is 17.8 Å². The van der Waals surface area contributed by atoms with Crippen LogP contribution in [-0.4, -0.2) is 113 Å². The highest BCUT2D eigenvalue weighted by atomic mass is 35.5. The smallest absolute Gasteiger partial charge is 0.262 e. The predicted molar refractivity (Wildman–Crippen MR) is 221 cm³/mol. The molecule has 2 aromatic carbocycles. The first kappa shape index (κ1) is 39.8. The van der Waals surface area contributed by atoms with Crippen molar-refractivity contribution in [3.05, 3.63) is 76.1 Å². The molecule has 4 aliphatic heterocycles. The molecule has 312 valence electrons. The first-order chi connectivity index (χ1) is 28.6. The number of carbonyl (C=O) groups excluding carboxylic acids is 5. The molecule has 2 N–H and O–H groups in total. The lowest BCUT2D eigenvalue weighted by molar-refractivity contribution is -0.164. The molecule has 3 saturated heterocycles. The third kappa shape index (κ3) is 6.74. The molecule has 5 amide bonds. The number of nitrogens with zero attached hydrogens (tertiary/aromatic N) is 7. The molecule has 0 spiro atoms. The second kappa shape index (κ2) is 14.8. The van der Waals surface area contributed by atoms with Gasteiger partial charge in [-0.15, -0.1) is 0 Å². The van der Waals surface area contributed by atoms with Gasteiger partial charge in [0.1, 0.15) is 24.0 Å². The summed E-state index contributed by atoms with van der Waals surface area (Å²) in [5.41, 5.74) is 1.47. The van der Waals surface area contributed by atoms with Crippen LogP contribution in [0.25, 0.3) is 0 Å². The Labute approximate surface area is 353 Å². The van der Waals surface area contributed by atoms with E-state index in [2.05, 4.69) is 69.1 Å². The van der Waals surface area contributed by atoms with Crippen molar-refractivity contribution in [2.75, 3.05) is 49.1 Å². The quantitative estimate of drug-likeness (QED) is 0.296. The minimum absolute atomic E-state index is 0.0860. The SMILES string of the molecule is CC1(C)C(NC(=O)c2cnc(N3C[C@@H]4C[C@H]3C[C@@H]4CN3CCN(c4ccc5c(c4)C(=O)N([C@@H]4CCC(=O)NC4=O)C5=O)CC3)nc2)C(C)(C)C1Oc1ccc(C#N)c(Cl)c1. The van der Waals surface area contributed by atoms with Crippen molar-refractivity contribution in [3.63, 3.8) is 0 Å². The number of fused-ring (bicyclic) bond motifs is 3. The summed E-state index contributed by atoms with van der Waals surface area (Å²) in [7, 11) is 0. The fraction of sp³-hybridized carbons (Fsp3) is 0.500. The molecule has 60 heavy (non-hydrogen) atoms. The molecule has 4 atom stereocenters. The number of carbonyl (C=O) groups is 5. The number of ether oxygens (including phenoxy) is 1. The van der Waals surface area contributed by atoms with Gasteiger partial charge in [0, 0.05) is 92.8 Å². The number of amides is 5. The zero-order valence-corrected chi connectivity index (χ0v) is 34.9. The van der Waals surface area contributed by atoms with Gasteiger partial charge in [0.05, 0.1) is 27.3 Å². The van der Waals surface area contributed by atoms with Crippen molar-refractivity contribution in [2.45, 2.75) is 77.6 Å². The monoisotopic (exact) mass is 833 g/mol. The van der Waals surface area contributed by atoms with Gasteiger partial charge in [0.15, 0.2) is 0 Å². The van der Waals surface area contributed by atoms with Crippen LogP contribution < -0.4 is 25.2 Å². The van der Waals surface area contributed by atoms with Crippen molar-refractivity contribution in [2.24, 2.45) is 22.7 Å². The Morgan fingerprint density at radius 3 is 2.33 bits per heavy atom. The topological polar surface area (TPSA) is 181 Å². The maximum atomic E-state index is 13.5. The third-order valence-corrected chi connectivity index (χ3v) is 14.2. The molecule has 9 rings (SSSR count). The summed E-state index contributed by atoms with van der Waals surface area (Å²) in [6, 6.07) is 11.6. The largest absolute Gasteiger partial charge is 0.489 e. The number of benzene rings is 2. The van der Waals surface area contributed by atoms with E-state index >= 15 is 0 Å². The summed E-state index contributed by atoms with van der Waals surface area (Å²) in [4.78, 5) is 81.5. The van der Waals surface area contributed by atoms with Gasteiger partial charge in [-0.1, -0.05) is 39.3 Å². The number of anilines is 2. The standard InChI is InChI=1S/C44H48ClN9O6/c1-43(2)40(44(3,4)41(43)60-30-7-5-24(19-46)33(45)18-30)50-36(56)27-20-47-42(48-21-27)53-23-26-16-29(53)15-25(26)22-51-11-13-52(14-12-51)28-6-8-31-32(17-28)39(59)54(38(31)58)34-9-10-35(55)49-37(34)57/h5-8,17-18,20-21,25-26,29,34,40-41H,9-16,22-23H2,1-4H3,(H,50,56)(H,49,55,57)/t25-,26+,29-,34-,40?,41?/m1/s1. The fourth-order valence-electron chi connectivity index (χ4n) is 11.1. The van der Waals surface area contributed by atoms with Crippen molar-refractivity contribution < 1.29 is 28.7 Å². The first-order valence-electron chi connectivity index (χ1n) is 20.7. The molecule has 2 aliphatic carbocycles. The average molecular weight is 834 g/mol. The predicted octanol–water partition coefficient (Wildman–Crippen LogP) is 4.05. The summed E-state index contributed by atoms with van der Waals surface area (Å²) in [6.45, 7) is 13.5. The zero-order valence-electron chi connectivity index (χ0n) is 34.1. The number of piperidine rings is 2. The number of nitriles is 1. The van der Waals surface area contributed by atoms with Crippen molar-refractivity contribution in [1.82, 2.24) is 30.4 Å². The highest BCUT2D eigenvalue weighted by Gasteiger charge is 2.64. The van der Waals surface area contributed by atoms with Crippen LogP contribution in [-0.2, 0) is 9.59 Å². The molecule has 2 bridgehead atoms. The molecular formula is C44H48ClN9O6. The van der Waals surface area contributed by atoms with Crippen molar-refractivity contribution in [3.8, 4) is 11.8 Å². The number of piperazine rings is 1. The molecular weight excluding hydrogens is 786 g/mol. The highest BCUT2D eigenvalue weighted by Crippen LogP contribution is 2.55. The number of hydrogen-bond acceptors (Lipinski definition) is 12. The summed E-state index contributed by atoms with van der Waals surface area (Å²) in [6.07, 6.45) is 5.40. The Balaban J connectivity index is 0.750. The Morgan fingerprint density at radius 1 is 0.967 bits per heavy atom. The van der Waals surface area contributed by atoms with Crippen LogP contribution in [0.3, 0.4) is 0 Å². The summed E-state index contributed by atoms with van der Waals surface area (Å²) < 4.78 is 6.37. The molecule has 0 unspecified atom stereocenters. The van der Waals surface area contributed by atoms with E-state index in [1.165, 1.54) is 0 Å². The Bertz CT molecular complexity index is 2320. The van der Waals surface area contributed by atoms with Gasteiger partial charge >= 0.3 is 0 Å². The van der Waals surface area contributed by atoms with Crippen LogP contribution in [0.2, 0.25) is 5.02 Å². The van der Waals surface area contributed by atoms with E-state index in [4.69, 9.17) is 16.3 Å². The molecule has 5 heterocycles. The molecule has 3 aromatic rings. The second-order valence-electron chi connectivity index (χ2n) is 18.3. The highest BCUT2D eigenvalue weighted by molar-refractivity contribution is 6.31. The molecule has 2 saturated carbocycles. The van der Waals surface area contributed by atoms with Crippen LogP contribution >= 0.6 is 11.6 Å². The van der Waals surface area contributed by atoms with Crippen LogP contribution in [0.5, 0.6) is 5.75 Å². The van der Waals surface area contributed by atoms with Crippen LogP contribution in [0.15, 0.2) is 48.8 Å². The van der Waals surface area contributed by atoms with Gasteiger partial charge in [0.25, 0.3) is 17.7 Å². The van der Waals surface area contributed by atoms with Gasteiger partial charge in [-0.3, -0.25) is 39.1 Å². The maximum Gasteiger partial charge on any atom is 0.262 e. The normalized spacial score (nSPS) is 28.0. The van der Waals surface area contributed by atoms with Crippen LogP contribution in [0.4, 0.5) is 11.6 Å². The average Bonchev–Trinajstić information content (AvgIpc) is 3.90. The number of nitrogens with one attached hydrogen (secondary N) is 2. The second-order valence-corrected chi connectivity index (χ2v) is 18.7. The van der Waals surface area contributed by atoms with E-state index in [1.54, 1.807) is 42.7 Å². The summed E-state index contributed by atoms with van der Waals surface area (Å²) in [5, 5.41) is 15.0. The van der Waals surface area contributed by atoms with Crippen molar-refractivity contribution >= 4 is 52.8 Å². The lowest BCUT2D eigenvalue weighted by Crippen LogP contribution is -2.74. The Morgan fingerprint density at radius 2 is 1.68 bits per heavy atom. The Hall–Kier alpha value is -5.59. The minimum atomic E-state index is -0.981. The van der Waals surface area contributed by atoms with Crippen LogP contribution in [0, 0.1) is 34.0 Å². The van der Waals surface area contributed by atoms with E-state index in [9.17, 15) is 29.2 Å². The van der Waals surface area contributed by atoms with E-state index in [0.717, 1.165) is 62.7 Å². The minimum Gasteiger partial charge on any atom is -0.489 e. The molecule has 0 radical (unpaired) electrons. The van der Waals surface area contributed by atoms with E-state index < -0.39 is 40.5 Å². The van der Waals surface area contributed by atoms with E-state index in [1.807, 2.05) is 6.07 Å². The number of imide groups is 2. The lowest BCUT2D eigenvalue weighted by Gasteiger charge is -2.63. The maximum absolute atomic E-state index is 13.5. The number of halogens is 1. The van der Waals surface area contributed by atoms with Gasteiger partial charge < -0.3 is 19.9 Å². The van der Waals surface area contributed by atoms with Gasteiger partial charge in [-0.25, -0.2) is 9.97 Å². The molecule has 5 fully saturated rings. The zero-order chi connectivity index (χ0) is 42.2. The van der Waals surface area contributed by atoms with Gasteiger partial charge in [-0.05, 0) is 61.4 Å². The molecule has 6 aliphatic rings. The molecule has 16 heteroatoms. The summed E-state index contributed by atoms with van der Waals surface area (Å²) in [5.74, 6) is 0.110. The molecule has 1 aromatic heterocycles. The van der Waals surface area contributed by atoms with E-state index in [-0.39, 0.29) is 36.5 Å². The first-order valence-corrected chi connectivity index (χ1v) is 21.1. The number of rotatable bonds is 9. The van der Waals surface area contributed by atoms with E-state index in [0.29, 0.717) is 51.3 Å². The number of aromatic nitrogens is 2. The van der Waals surface area contributed by atoms with Crippen molar-refractivity contribution in [1.29, 1.82) is 5.26 Å². The van der Waals surface area contributed by atoms with Gasteiger partial charge in [-0.2, -0.15) is 5.26 Å². The lowest BCUT2D eigenvalue weighted by atomic mass is 9.49. The summed E-state index contributed by atoms with van der Waals surface area (Å²) >= 11 is 6.25. The molecule has 15 nitrogen and oxygen atoms in total. The Kier molecular flexibility index (Phi) is 9.86.